The first kappa shape index (κ1) is 24.8. The molecule has 2 aliphatic rings. The summed E-state index contributed by atoms with van der Waals surface area (Å²) in [5.41, 5.74) is 0.0104. The summed E-state index contributed by atoms with van der Waals surface area (Å²) >= 11 is 0. The first-order chi connectivity index (χ1) is 15.0. The quantitative estimate of drug-likeness (QED) is 0.657. The predicted molar refractivity (Wildman–Crippen MR) is 118 cm³/mol. The Kier molecular flexibility index (Phi) is 8.08. The number of nitrogens with one attached hydrogen (secondary N) is 1. The summed E-state index contributed by atoms with van der Waals surface area (Å²) in [6, 6.07) is 5.58. The minimum atomic E-state index is -4.33. The van der Waals surface area contributed by atoms with E-state index in [2.05, 4.69) is 10.2 Å². The summed E-state index contributed by atoms with van der Waals surface area (Å²) in [7, 11) is -3.31. The van der Waals surface area contributed by atoms with Crippen LogP contribution in [0.1, 0.15) is 37.7 Å². The molecule has 10 heteroatoms. The van der Waals surface area contributed by atoms with Gasteiger partial charge in [0.25, 0.3) is 0 Å². The zero-order valence-corrected chi connectivity index (χ0v) is 19.2. The lowest BCUT2D eigenvalue weighted by Crippen LogP contribution is -2.47. The Balaban J connectivity index is 1.36. The first-order valence-corrected chi connectivity index (χ1v) is 13.2. The minimum Gasteiger partial charge on any atom is -0.369 e. The molecule has 0 radical (unpaired) electrons. The Labute approximate surface area is 188 Å². The molecule has 1 heterocycles. The Bertz CT molecular complexity index is 876. The third kappa shape index (κ3) is 7.65. The van der Waals surface area contributed by atoms with Crippen LogP contribution in [0.5, 0.6) is 0 Å². The molecule has 0 unspecified atom stereocenters. The van der Waals surface area contributed by atoms with Gasteiger partial charge < -0.3 is 10.2 Å². The van der Waals surface area contributed by atoms with Crippen molar-refractivity contribution in [3.63, 3.8) is 0 Å². The van der Waals surface area contributed by atoms with Crippen LogP contribution in [-0.4, -0.2) is 70.0 Å². The van der Waals surface area contributed by atoms with Gasteiger partial charge in [-0.05, 0) is 62.8 Å². The Morgan fingerprint density at radius 1 is 1.09 bits per heavy atom. The van der Waals surface area contributed by atoms with E-state index in [0.717, 1.165) is 64.1 Å². The van der Waals surface area contributed by atoms with Gasteiger partial charge >= 0.3 is 6.18 Å². The summed E-state index contributed by atoms with van der Waals surface area (Å²) < 4.78 is 61.3. The van der Waals surface area contributed by atoms with Crippen LogP contribution in [-0.2, 0) is 20.8 Å². The van der Waals surface area contributed by atoms with Gasteiger partial charge in [0.15, 0.2) is 9.84 Å². The van der Waals surface area contributed by atoms with Crippen molar-refractivity contribution in [3.05, 3.63) is 29.8 Å². The lowest BCUT2D eigenvalue weighted by atomic mass is 9.84. The molecule has 1 aliphatic carbocycles. The van der Waals surface area contributed by atoms with E-state index in [1.54, 1.807) is 6.07 Å². The second-order valence-corrected chi connectivity index (χ2v) is 11.2. The number of hydrogen-bond donors (Lipinski definition) is 1. The molecule has 180 valence electrons. The van der Waals surface area contributed by atoms with Gasteiger partial charge in [0, 0.05) is 44.2 Å². The number of sulfone groups is 1. The number of amides is 1. The minimum absolute atomic E-state index is 0.0523. The monoisotopic (exact) mass is 475 g/mol. The van der Waals surface area contributed by atoms with Gasteiger partial charge in [0.2, 0.25) is 5.91 Å². The number of alkyl halides is 3. The Morgan fingerprint density at radius 2 is 1.75 bits per heavy atom. The summed E-state index contributed by atoms with van der Waals surface area (Å²) in [6.07, 6.45) is 1.54. The number of anilines is 1. The summed E-state index contributed by atoms with van der Waals surface area (Å²) in [6.45, 7) is 4.04. The molecule has 1 saturated heterocycles. The van der Waals surface area contributed by atoms with Crippen LogP contribution >= 0.6 is 0 Å². The molecule has 0 atom stereocenters. The maximum absolute atomic E-state index is 13.0. The maximum atomic E-state index is 13.0. The number of carbonyl (C=O) groups excluding carboxylic acids is 1. The topological polar surface area (TPSA) is 69.7 Å². The number of benzene rings is 1. The maximum Gasteiger partial charge on any atom is 0.416 e. The van der Waals surface area contributed by atoms with E-state index >= 15 is 0 Å². The molecule has 1 aromatic carbocycles. The van der Waals surface area contributed by atoms with Crippen molar-refractivity contribution in [1.82, 2.24) is 10.2 Å². The lowest BCUT2D eigenvalue weighted by molar-refractivity contribution is -0.137. The zero-order chi connectivity index (χ0) is 23.4. The van der Waals surface area contributed by atoms with E-state index in [9.17, 15) is 26.4 Å². The Hall–Kier alpha value is -1.81. The number of nitrogens with zero attached hydrogens (tertiary/aromatic N) is 2. The first-order valence-electron chi connectivity index (χ1n) is 11.1. The van der Waals surface area contributed by atoms with Crippen LogP contribution in [0.3, 0.4) is 0 Å². The van der Waals surface area contributed by atoms with Gasteiger partial charge in [-0.25, -0.2) is 8.42 Å². The van der Waals surface area contributed by atoms with Crippen molar-refractivity contribution >= 4 is 21.4 Å². The second kappa shape index (κ2) is 10.4. The summed E-state index contributed by atoms with van der Waals surface area (Å²) in [4.78, 5) is 16.2. The molecule has 1 N–H and O–H groups in total. The molecule has 1 amide bonds. The largest absolute Gasteiger partial charge is 0.416 e. The van der Waals surface area contributed by atoms with Gasteiger partial charge in [-0.3, -0.25) is 9.69 Å². The van der Waals surface area contributed by atoms with Crippen molar-refractivity contribution < 1.29 is 26.4 Å². The van der Waals surface area contributed by atoms with E-state index in [4.69, 9.17) is 0 Å². The van der Waals surface area contributed by atoms with Crippen LogP contribution in [0.2, 0.25) is 0 Å². The highest BCUT2D eigenvalue weighted by atomic mass is 32.2. The van der Waals surface area contributed by atoms with E-state index < -0.39 is 33.2 Å². The molecular formula is C22H32F3N3O3S. The highest BCUT2D eigenvalue weighted by Crippen LogP contribution is 2.32. The zero-order valence-electron chi connectivity index (χ0n) is 18.4. The van der Waals surface area contributed by atoms with Gasteiger partial charge in [-0.2, -0.15) is 13.2 Å². The summed E-state index contributed by atoms with van der Waals surface area (Å²) in [5, 5.41) is 2.83. The van der Waals surface area contributed by atoms with Crippen LogP contribution < -0.4 is 10.2 Å². The molecule has 1 aliphatic heterocycles. The van der Waals surface area contributed by atoms with E-state index in [1.165, 1.54) is 12.1 Å². The van der Waals surface area contributed by atoms with Crippen molar-refractivity contribution in [2.24, 2.45) is 5.92 Å². The molecule has 6 nitrogen and oxygen atoms in total. The second-order valence-electron chi connectivity index (χ2n) is 9.02. The predicted octanol–water partition coefficient (Wildman–Crippen LogP) is 2.94. The third-order valence-corrected chi connectivity index (χ3v) is 7.16. The van der Waals surface area contributed by atoms with Crippen molar-refractivity contribution in [2.45, 2.75) is 44.3 Å². The van der Waals surface area contributed by atoms with Crippen LogP contribution in [0, 0.1) is 5.92 Å². The number of piperazine rings is 1. The Morgan fingerprint density at radius 3 is 2.34 bits per heavy atom. The normalized spacial score (nSPS) is 23.2. The third-order valence-electron chi connectivity index (χ3n) is 6.37. The van der Waals surface area contributed by atoms with Gasteiger partial charge in [0.05, 0.1) is 5.56 Å². The number of carbonyl (C=O) groups is 1. The molecule has 0 aromatic heterocycles. The molecule has 1 saturated carbocycles. The number of halogens is 3. The van der Waals surface area contributed by atoms with Gasteiger partial charge in [-0.15, -0.1) is 0 Å². The molecule has 1 aromatic rings. The van der Waals surface area contributed by atoms with Crippen molar-refractivity contribution in [1.29, 1.82) is 0 Å². The SMILES string of the molecule is CS(=O)(=O)CC(=O)N[C@H]1CC[C@H](CCN2CCN(c3cccc(C(F)(F)F)c3)CC2)CC1. The lowest BCUT2D eigenvalue weighted by Gasteiger charge is -2.37. The molecule has 3 rings (SSSR count). The van der Waals surface area contributed by atoms with Crippen molar-refractivity contribution in [3.8, 4) is 0 Å². The molecular weight excluding hydrogens is 443 g/mol. The average molecular weight is 476 g/mol. The van der Waals surface area contributed by atoms with E-state index in [0.29, 0.717) is 24.7 Å². The highest BCUT2D eigenvalue weighted by Gasteiger charge is 2.31. The highest BCUT2D eigenvalue weighted by molar-refractivity contribution is 7.91. The van der Waals surface area contributed by atoms with E-state index in [1.807, 2.05) is 4.90 Å². The van der Waals surface area contributed by atoms with Gasteiger partial charge in [-0.1, -0.05) is 6.07 Å². The number of hydrogen-bond acceptors (Lipinski definition) is 5. The molecule has 0 bridgehead atoms. The van der Waals surface area contributed by atoms with Crippen molar-refractivity contribution in [2.75, 3.05) is 49.6 Å². The smallest absolute Gasteiger partial charge is 0.369 e. The molecule has 0 spiro atoms. The standard InChI is InChI=1S/C22H32F3N3O3S/c1-32(30,31)16-21(29)26-19-7-5-17(6-8-19)9-10-27-11-13-28(14-12-27)20-4-2-3-18(15-20)22(23,24)25/h2-4,15,17,19H,5-14,16H2,1H3,(H,26,29)/t17-,19-. The van der Waals surface area contributed by atoms with Crippen LogP contribution in [0.25, 0.3) is 0 Å². The summed E-state index contributed by atoms with van der Waals surface area (Å²) in [5.74, 6) is -0.298. The van der Waals surface area contributed by atoms with Crippen LogP contribution in [0.4, 0.5) is 18.9 Å². The fraction of sp³-hybridized carbons (Fsp3) is 0.682. The molecule has 2 fully saturated rings. The average Bonchev–Trinajstić information content (AvgIpc) is 2.72. The number of rotatable bonds is 7. The van der Waals surface area contributed by atoms with Crippen LogP contribution in [0.15, 0.2) is 24.3 Å². The molecule has 32 heavy (non-hydrogen) atoms. The van der Waals surface area contributed by atoms with Gasteiger partial charge in [0.1, 0.15) is 5.75 Å². The fourth-order valence-corrected chi connectivity index (χ4v) is 5.14. The van der Waals surface area contributed by atoms with E-state index in [-0.39, 0.29) is 6.04 Å². The fourth-order valence-electron chi connectivity index (χ4n) is 4.58.